The molecule has 41 heavy (non-hydrogen) atoms. The zero-order valence-electron chi connectivity index (χ0n) is 22.8. The quantitative estimate of drug-likeness (QED) is 0.271. The minimum atomic E-state index is -0.577. The molecule has 0 aliphatic carbocycles. The molecule has 9 heteroatoms. The first-order valence-electron chi connectivity index (χ1n) is 13.0. The molecule has 4 rings (SSSR count). The smallest absolute Gasteiger partial charge is 0.319 e. The molecule has 0 radical (unpaired) electrons. The minimum Gasteiger partial charge on any atom is -0.329 e. The molecule has 0 heterocycles. The van der Waals surface area contributed by atoms with Crippen molar-refractivity contribution in [1.82, 2.24) is 5.32 Å². The zero-order chi connectivity index (χ0) is 29.2. The average Bonchev–Trinajstić information content (AvgIpc) is 2.99. The van der Waals surface area contributed by atoms with Crippen LogP contribution >= 0.6 is 0 Å². The van der Waals surface area contributed by atoms with Gasteiger partial charge in [-0.1, -0.05) is 60.7 Å². The van der Waals surface area contributed by atoms with E-state index >= 15 is 0 Å². The number of aryl methyl sites for hydroxylation is 1. The second kappa shape index (κ2) is 13.6. The lowest BCUT2D eigenvalue weighted by atomic mass is 10.1. The maximum Gasteiger partial charge on any atom is 0.319 e. The SMILES string of the molecule is Cc1cccc(NC(=O)NCC(=O)N(CC(=O)N(C)c2ccccc2)c2ccccc2C(=O)Nc2ccccc2)c1. The van der Waals surface area contributed by atoms with Crippen molar-refractivity contribution in [2.24, 2.45) is 0 Å². The molecule has 0 spiro atoms. The first kappa shape index (κ1) is 28.6. The van der Waals surface area contributed by atoms with E-state index in [1.807, 2.05) is 43.3 Å². The van der Waals surface area contributed by atoms with Gasteiger partial charge < -0.3 is 25.8 Å². The van der Waals surface area contributed by atoms with E-state index in [2.05, 4.69) is 16.0 Å². The molecular formula is C32H31N5O4. The number of nitrogens with one attached hydrogen (secondary N) is 3. The second-order valence-electron chi connectivity index (χ2n) is 9.28. The van der Waals surface area contributed by atoms with E-state index < -0.39 is 24.4 Å². The summed E-state index contributed by atoms with van der Waals surface area (Å²) >= 11 is 0. The Hall–Kier alpha value is -5.44. The van der Waals surface area contributed by atoms with Gasteiger partial charge in [0.15, 0.2) is 0 Å². The number of hydrogen-bond acceptors (Lipinski definition) is 4. The highest BCUT2D eigenvalue weighted by Gasteiger charge is 2.26. The second-order valence-corrected chi connectivity index (χ2v) is 9.28. The van der Waals surface area contributed by atoms with Crippen LogP contribution in [0.1, 0.15) is 15.9 Å². The Bertz CT molecular complexity index is 1530. The van der Waals surface area contributed by atoms with Crippen LogP contribution < -0.4 is 25.8 Å². The van der Waals surface area contributed by atoms with Crippen LogP contribution in [0.4, 0.5) is 27.5 Å². The zero-order valence-corrected chi connectivity index (χ0v) is 22.8. The maximum atomic E-state index is 13.6. The monoisotopic (exact) mass is 549 g/mol. The van der Waals surface area contributed by atoms with Gasteiger partial charge in [0.05, 0.1) is 17.8 Å². The normalized spacial score (nSPS) is 10.3. The number of para-hydroxylation sites is 3. The lowest BCUT2D eigenvalue weighted by molar-refractivity contribution is -0.121. The number of carbonyl (C=O) groups is 4. The Morgan fingerprint density at radius 1 is 0.683 bits per heavy atom. The summed E-state index contributed by atoms with van der Waals surface area (Å²) in [6.07, 6.45) is 0. The van der Waals surface area contributed by atoms with Gasteiger partial charge in [0.2, 0.25) is 11.8 Å². The van der Waals surface area contributed by atoms with E-state index in [1.54, 1.807) is 79.8 Å². The number of hydrogen-bond donors (Lipinski definition) is 3. The van der Waals surface area contributed by atoms with Crippen LogP contribution in [0, 0.1) is 6.92 Å². The number of anilines is 4. The lowest BCUT2D eigenvalue weighted by Crippen LogP contribution is -2.47. The van der Waals surface area contributed by atoms with E-state index in [0.717, 1.165) is 5.56 Å². The number of carbonyl (C=O) groups excluding carboxylic acids is 4. The lowest BCUT2D eigenvalue weighted by Gasteiger charge is -2.27. The molecule has 0 aliphatic rings. The van der Waals surface area contributed by atoms with Crippen molar-refractivity contribution in [3.05, 3.63) is 120 Å². The first-order chi connectivity index (χ1) is 19.8. The molecule has 9 nitrogen and oxygen atoms in total. The largest absolute Gasteiger partial charge is 0.329 e. The summed E-state index contributed by atoms with van der Waals surface area (Å²) in [7, 11) is 1.61. The third kappa shape index (κ3) is 7.79. The summed E-state index contributed by atoms with van der Waals surface area (Å²) in [5.74, 6) is -1.40. The number of rotatable bonds is 9. The van der Waals surface area contributed by atoms with Crippen molar-refractivity contribution in [2.45, 2.75) is 6.92 Å². The van der Waals surface area contributed by atoms with E-state index in [1.165, 1.54) is 9.80 Å². The summed E-state index contributed by atoms with van der Waals surface area (Å²) in [5, 5.41) is 8.08. The minimum absolute atomic E-state index is 0.198. The standard InChI is InChI=1S/C32H31N5O4/c1-23-12-11-15-25(20-23)35-32(41)33-21-29(38)37(22-30(39)36(2)26-16-7-4-8-17-26)28-19-10-9-18-27(28)31(40)34-24-13-5-3-6-14-24/h3-20H,21-22H2,1-2H3,(H,34,40)(H2,33,35,41). The summed E-state index contributed by atoms with van der Waals surface area (Å²) in [6, 6.07) is 31.1. The number of benzene rings is 4. The van der Waals surface area contributed by atoms with Crippen molar-refractivity contribution < 1.29 is 19.2 Å². The summed E-state index contributed by atoms with van der Waals surface area (Å²) in [5.41, 5.74) is 3.21. The highest BCUT2D eigenvalue weighted by molar-refractivity contribution is 6.13. The Kier molecular flexibility index (Phi) is 9.45. The summed E-state index contributed by atoms with van der Waals surface area (Å²) < 4.78 is 0. The number of nitrogens with zero attached hydrogens (tertiary/aromatic N) is 2. The molecule has 0 atom stereocenters. The Morgan fingerprint density at radius 3 is 2.02 bits per heavy atom. The predicted octanol–water partition coefficient (Wildman–Crippen LogP) is 5.07. The molecule has 0 aliphatic heterocycles. The molecule has 3 N–H and O–H groups in total. The predicted molar refractivity (Wildman–Crippen MR) is 161 cm³/mol. The molecule has 0 aromatic heterocycles. The molecule has 0 saturated heterocycles. The molecule has 0 bridgehead atoms. The van der Waals surface area contributed by atoms with Crippen molar-refractivity contribution in [2.75, 3.05) is 40.6 Å². The first-order valence-corrected chi connectivity index (χ1v) is 13.0. The number of likely N-dealkylation sites (N-methyl/N-ethyl adjacent to an activating group) is 1. The van der Waals surface area contributed by atoms with Crippen LogP contribution in [-0.2, 0) is 9.59 Å². The fourth-order valence-electron chi connectivity index (χ4n) is 4.11. The van der Waals surface area contributed by atoms with Gasteiger partial charge in [0.25, 0.3) is 5.91 Å². The van der Waals surface area contributed by atoms with Crippen LogP contribution in [0.5, 0.6) is 0 Å². The van der Waals surface area contributed by atoms with Gasteiger partial charge >= 0.3 is 6.03 Å². The van der Waals surface area contributed by atoms with Crippen LogP contribution in [0.2, 0.25) is 0 Å². The van der Waals surface area contributed by atoms with E-state index in [9.17, 15) is 19.2 Å². The van der Waals surface area contributed by atoms with Crippen molar-refractivity contribution in [3.8, 4) is 0 Å². The third-order valence-corrected chi connectivity index (χ3v) is 6.26. The van der Waals surface area contributed by atoms with Crippen molar-refractivity contribution >= 4 is 46.5 Å². The van der Waals surface area contributed by atoms with Gasteiger partial charge in [-0.3, -0.25) is 14.4 Å². The summed E-state index contributed by atoms with van der Waals surface area (Å²) in [4.78, 5) is 55.4. The van der Waals surface area contributed by atoms with E-state index in [0.29, 0.717) is 17.1 Å². The topological polar surface area (TPSA) is 111 Å². The number of urea groups is 1. The van der Waals surface area contributed by atoms with Crippen molar-refractivity contribution in [3.63, 3.8) is 0 Å². The van der Waals surface area contributed by atoms with Crippen LogP contribution in [0.15, 0.2) is 109 Å². The summed E-state index contributed by atoms with van der Waals surface area (Å²) in [6.45, 7) is 1.13. The molecule has 5 amide bonds. The average molecular weight is 550 g/mol. The van der Waals surface area contributed by atoms with Crippen molar-refractivity contribution in [1.29, 1.82) is 0 Å². The molecule has 0 saturated carbocycles. The Labute approximate surface area is 238 Å². The van der Waals surface area contributed by atoms with Gasteiger partial charge in [-0.15, -0.1) is 0 Å². The fraction of sp³-hybridized carbons (Fsp3) is 0.125. The van der Waals surface area contributed by atoms with Gasteiger partial charge in [-0.05, 0) is 61.0 Å². The maximum absolute atomic E-state index is 13.6. The molecule has 0 unspecified atom stereocenters. The fourth-order valence-corrected chi connectivity index (χ4v) is 4.11. The Balaban J connectivity index is 1.57. The molecule has 4 aromatic rings. The van der Waals surface area contributed by atoms with Gasteiger partial charge in [0.1, 0.15) is 6.54 Å². The van der Waals surface area contributed by atoms with Gasteiger partial charge in [-0.25, -0.2) is 4.79 Å². The van der Waals surface area contributed by atoms with Crippen LogP contribution in [0.25, 0.3) is 0 Å². The molecule has 0 fully saturated rings. The highest BCUT2D eigenvalue weighted by atomic mass is 16.2. The van der Waals surface area contributed by atoms with E-state index in [-0.39, 0.29) is 23.7 Å². The molecule has 208 valence electrons. The van der Waals surface area contributed by atoms with Gasteiger partial charge in [-0.2, -0.15) is 0 Å². The highest BCUT2D eigenvalue weighted by Crippen LogP contribution is 2.23. The van der Waals surface area contributed by atoms with E-state index in [4.69, 9.17) is 0 Å². The molecular weight excluding hydrogens is 518 g/mol. The van der Waals surface area contributed by atoms with Gasteiger partial charge in [0, 0.05) is 24.1 Å². The third-order valence-electron chi connectivity index (χ3n) is 6.26. The van der Waals surface area contributed by atoms with Crippen LogP contribution in [-0.4, -0.2) is 43.9 Å². The number of amides is 5. The Morgan fingerprint density at radius 2 is 1.32 bits per heavy atom. The molecule has 4 aromatic carbocycles. The van der Waals surface area contributed by atoms with Crippen LogP contribution in [0.3, 0.4) is 0 Å².